The molecule has 0 spiro atoms. The van der Waals surface area contributed by atoms with Gasteiger partial charge in [0.05, 0.1) is 14.2 Å². The van der Waals surface area contributed by atoms with Crippen molar-refractivity contribution < 1.29 is 23.9 Å². The molecular weight excluding hydrogens is 324 g/mol. The molecule has 0 saturated heterocycles. The quantitative estimate of drug-likeness (QED) is 0.354. The molecule has 0 amide bonds. The number of hydrogen-bond acceptors (Lipinski definition) is 7. The Labute approximate surface area is 128 Å². The zero-order valence-corrected chi connectivity index (χ0v) is 13.0. The van der Waals surface area contributed by atoms with Crippen molar-refractivity contribution in [1.29, 1.82) is 0 Å². The van der Waals surface area contributed by atoms with Crippen LogP contribution in [0, 0.1) is 0 Å². The second-order valence-electron chi connectivity index (χ2n) is 3.40. The van der Waals surface area contributed by atoms with Gasteiger partial charge in [-0.1, -0.05) is 41.9 Å². The van der Waals surface area contributed by atoms with Gasteiger partial charge in [0.1, 0.15) is 0 Å². The van der Waals surface area contributed by atoms with E-state index in [1.54, 1.807) is 30.3 Å². The summed E-state index contributed by atoms with van der Waals surface area (Å²) in [6.45, 7) is 0. The number of ether oxygens (including phenoxy) is 2. The lowest BCUT2D eigenvalue weighted by molar-refractivity contribution is -0.152. The Bertz CT molecular complexity index is 490. The van der Waals surface area contributed by atoms with Crippen LogP contribution in [0.1, 0.15) is 10.4 Å². The fourth-order valence-electron chi connectivity index (χ4n) is 1.13. The van der Waals surface area contributed by atoms with Gasteiger partial charge in [0.25, 0.3) is 4.21 Å². The predicted octanol–water partition coefficient (Wildman–Crippen LogP) is 2.49. The molecule has 0 bridgehead atoms. The highest BCUT2D eigenvalue weighted by Gasteiger charge is 2.49. The molecule has 0 aliphatic rings. The van der Waals surface area contributed by atoms with Crippen LogP contribution in [0.4, 0.5) is 0 Å². The molecular formula is C12H11ClO5S2. The highest BCUT2D eigenvalue weighted by Crippen LogP contribution is 2.42. The fraction of sp³-hybridized carbons (Fsp3) is 0.250. The molecule has 5 nitrogen and oxygen atoms in total. The molecule has 0 aliphatic carbocycles. The average Bonchev–Trinajstić information content (AvgIpc) is 2.51. The number of esters is 2. The smallest absolute Gasteiger partial charge is 0.350 e. The van der Waals surface area contributed by atoms with Crippen molar-refractivity contribution in [2.24, 2.45) is 0 Å². The van der Waals surface area contributed by atoms with Crippen molar-refractivity contribution in [2.45, 2.75) is 4.21 Å². The van der Waals surface area contributed by atoms with Gasteiger partial charge in [-0.15, -0.1) is 0 Å². The van der Waals surface area contributed by atoms with E-state index in [9.17, 15) is 14.4 Å². The van der Waals surface area contributed by atoms with Crippen LogP contribution in [0.2, 0.25) is 0 Å². The van der Waals surface area contributed by atoms with Crippen molar-refractivity contribution in [2.75, 3.05) is 14.2 Å². The van der Waals surface area contributed by atoms with Crippen LogP contribution >= 0.6 is 33.2 Å². The van der Waals surface area contributed by atoms with Crippen LogP contribution in [0.25, 0.3) is 0 Å². The monoisotopic (exact) mass is 334 g/mol. The molecule has 1 aromatic carbocycles. The third kappa shape index (κ3) is 3.91. The van der Waals surface area contributed by atoms with Crippen molar-refractivity contribution in [3.63, 3.8) is 0 Å². The molecule has 0 unspecified atom stereocenters. The number of hydrogen-bond donors (Lipinski definition) is 0. The number of alkyl halides is 1. The van der Waals surface area contributed by atoms with Crippen molar-refractivity contribution in [1.82, 2.24) is 0 Å². The summed E-state index contributed by atoms with van der Waals surface area (Å²) < 4.78 is 6.81. The minimum atomic E-state index is -2.11. The SMILES string of the molecule is COC(=O)C(Cl)(SSC(=O)c1ccccc1)C(=O)OC. The van der Waals surface area contributed by atoms with Crippen LogP contribution in [0.3, 0.4) is 0 Å². The Morgan fingerprint density at radius 2 is 1.55 bits per heavy atom. The summed E-state index contributed by atoms with van der Waals surface area (Å²) in [5.74, 6) is -1.99. The molecule has 0 aliphatic heterocycles. The number of carbonyl (C=O) groups excluding carboxylic acids is 3. The normalized spacial score (nSPS) is 10.8. The molecule has 8 heteroatoms. The lowest BCUT2D eigenvalue weighted by Gasteiger charge is -2.19. The third-order valence-corrected chi connectivity index (χ3v) is 5.44. The first-order valence-electron chi connectivity index (χ1n) is 5.26. The zero-order valence-electron chi connectivity index (χ0n) is 10.6. The third-order valence-electron chi connectivity index (χ3n) is 2.14. The van der Waals surface area contributed by atoms with E-state index in [4.69, 9.17) is 11.6 Å². The number of carbonyl (C=O) groups is 3. The lowest BCUT2D eigenvalue weighted by Crippen LogP contribution is -2.39. The van der Waals surface area contributed by atoms with Gasteiger partial charge in [0.2, 0.25) is 5.12 Å². The Balaban J connectivity index is 2.80. The van der Waals surface area contributed by atoms with E-state index in [2.05, 4.69) is 9.47 Å². The number of methoxy groups -OCH3 is 2. The van der Waals surface area contributed by atoms with Crippen LogP contribution < -0.4 is 0 Å². The Morgan fingerprint density at radius 1 is 1.05 bits per heavy atom. The van der Waals surface area contributed by atoms with Gasteiger partial charge in [-0.05, 0) is 21.6 Å². The lowest BCUT2D eigenvalue weighted by atomic mass is 10.2. The molecule has 0 heterocycles. The summed E-state index contributed by atoms with van der Waals surface area (Å²) in [6, 6.07) is 8.40. The van der Waals surface area contributed by atoms with Gasteiger partial charge < -0.3 is 9.47 Å². The van der Waals surface area contributed by atoms with Gasteiger partial charge in [-0.2, -0.15) is 0 Å². The van der Waals surface area contributed by atoms with Gasteiger partial charge in [0, 0.05) is 5.56 Å². The summed E-state index contributed by atoms with van der Waals surface area (Å²) >= 11 is 5.91. The molecule has 1 rings (SSSR count). The standard InChI is InChI=1S/C12H11ClO5S2/c1-17-10(15)12(13,11(16)18-2)20-19-9(14)8-6-4-3-5-7-8/h3-7H,1-2H3. The molecule has 0 N–H and O–H groups in total. The number of rotatable bonds is 5. The van der Waals surface area contributed by atoms with E-state index in [0.717, 1.165) is 14.2 Å². The minimum absolute atomic E-state index is 0.339. The van der Waals surface area contributed by atoms with E-state index in [0.29, 0.717) is 27.2 Å². The van der Waals surface area contributed by atoms with Gasteiger partial charge in [-0.3, -0.25) is 4.79 Å². The van der Waals surface area contributed by atoms with Crippen LogP contribution in [0.15, 0.2) is 30.3 Å². The first kappa shape index (κ1) is 16.9. The number of halogens is 1. The molecule has 20 heavy (non-hydrogen) atoms. The van der Waals surface area contributed by atoms with Crippen molar-refractivity contribution >= 4 is 50.2 Å². The molecule has 0 radical (unpaired) electrons. The molecule has 0 saturated carbocycles. The topological polar surface area (TPSA) is 69.7 Å². The van der Waals surface area contributed by atoms with Gasteiger partial charge in [0.15, 0.2) is 0 Å². The van der Waals surface area contributed by atoms with Crippen molar-refractivity contribution in [3.05, 3.63) is 35.9 Å². The van der Waals surface area contributed by atoms with Crippen LogP contribution in [-0.4, -0.2) is 35.5 Å². The Kier molecular flexibility index (Phi) is 6.38. The summed E-state index contributed by atoms with van der Waals surface area (Å²) in [5, 5.41) is -0.339. The first-order valence-corrected chi connectivity index (χ1v) is 7.79. The molecule has 1 aromatic rings. The maximum absolute atomic E-state index is 11.9. The maximum atomic E-state index is 11.9. The second-order valence-corrected chi connectivity index (χ2v) is 6.51. The number of benzene rings is 1. The highest BCUT2D eigenvalue weighted by atomic mass is 35.5. The zero-order chi connectivity index (χ0) is 15.2. The Hall–Kier alpha value is -1.18. The van der Waals surface area contributed by atoms with E-state index >= 15 is 0 Å². The average molecular weight is 335 g/mol. The Morgan fingerprint density at radius 3 is 2.00 bits per heavy atom. The summed E-state index contributed by atoms with van der Waals surface area (Å²) in [4.78, 5) is 35.1. The second kappa shape index (κ2) is 7.56. The van der Waals surface area contributed by atoms with E-state index < -0.39 is 16.1 Å². The highest BCUT2D eigenvalue weighted by molar-refractivity contribution is 8.83. The van der Waals surface area contributed by atoms with E-state index in [1.165, 1.54) is 0 Å². The van der Waals surface area contributed by atoms with E-state index in [1.807, 2.05) is 0 Å². The van der Waals surface area contributed by atoms with E-state index in [-0.39, 0.29) is 5.12 Å². The van der Waals surface area contributed by atoms with Crippen LogP contribution in [0.5, 0.6) is 0 Å². The summed E-state index contributed by atoms with van der Waals surface area (Å²) in [5.41, 5.74) is 0.429. The molecule has 0 atom stereocenters. The largest absolute Gasteiger partial charge is 0.467 e. The van der Waals surface area contributed by atoms with Gasteiger partial charge >= 0.3 is 11.9 Å². The first-order chi connectivity index (χ1) is 9.45. The van der Waals surface area contributed by atoms with Crippen molar-refractivity contribution in [3.8, 4) is 0 Å². The predicted molar refractivity (Wildman–Crippen MR) is 78.6 cm³/mol. The minimum Gasteiger partial charge on any atom is -0.467 e. The maximum Gasteiger partial charge on any atom is 0.350 e. The molecule has 0 aromatic heterocycles. The van der Waals surface area contributed by atoms with Crippen LogP contribution in [-0.2, 0) is 19.1 Å². The van der Waals surface area contributed by atoms with Gasteiger partial charge in [-0.25, -0.2) is 9.59 Å². The fourth-order valence-corrected chi connectivity index (χ4v) is 3.56. The summed E-state index contributed by atoms with van der Waals surface area (Å²) in [6.07, 6.45) is 0. The molecule has 0 fully saturated rings. The summed E-state index contributed by atoms with van der Waals surface area (Å²) in [7, 11) is 3.42. The molecule has 108 valence electrons.